The molecule has 166 valence electrons. The molecule has 0 saturated carbocycles. The molecule has 30 heavy (non-hydrogen) atoms. The first kappa shape index (κ1) is 25.8. The number of nitrogens with two attached hydrogens (primary N) is 1. The Labute approximate surface area is 183 Å². The van der Waals surface area contributed by atoms with Crippen LogP contribution in [0.3, 0.4) is 0 Å². The lowest BCUT2D eigenvalue weighted by molar-refractivity contribution is -0.138. The smallest absolute Gasteiger partial charge is 0.328 e. The molecule has 1 rings (SSSR count). The van der Waals surface area contributed by atoms with Gasteiger partial charge in [0.05, 0.1) is 0 Å². The van der Waals surface area contributed by atoms with Crippen LogP contribution in [0.4, 0.5) is 0 Å². The molecule has 0 radical (unpaired) electrons. The summed E-state index contributed by atoms with van der Waals surface area (Å²) in [6, 6.07) is -0.696. The standard InChI is InChI=1S/C26H40N2O2/c1-20(14-15-23-22(3)12-9-17-26(23,4)5)10-8-11-21(2)16-19-28-24(25(29)30)13-6-7-18-27/h8,10-11,14-16,19,24H,6-7,9,12-13,17-18,27H2,1-5H3,(H,29,30)/t24-/m0/s1. The molecule has 0 unspecified atom stereocenters. The van der Waals surface area contributed by atoms with Gasteiger partial charge in [-0.05, 0) is 88.5 Å². The quantitative estimate of drug-likeness (QED) is 0.242. The third-order valence-corrected chi connectivity index (χ3v) is 5.59. The molecule has 0 amide bonds. The van der Waals surface area contributed by atoms with Crippen molar-refractivity contribution in [1.82, 2.24) is 0 Å². The van der Waals surface area contributed by atoms with Crippen molar-refractivity contribution in [1.29, 1.82) is 0 Å². The summed E-state index contributed by atoms with van der Waals surface area (Å²) in [6.45, 7) is 11.6. The summed E-state index contributed by atoms with van der Waals surface area (Å²) in [5.41, 5.74) is 10.9. The molecule has 4 heteroatoms. The van der Waals surface area contributed by atoms with Gasteiger partial charge < -0.3 is 10.8 Å². The van der Waals surface area contributed by atoms with Crippen molar-refractivity contribution < 1.29 is 9.90 Å². The maximum atomic E-state index is 11.3. The fourth-order valence-corrected chi connectivity index (χ4v) is 3.70. The van der Waals surface area contributed by atoms with Crippen LogP contribution in [0.2, 0.25) is 0 Å². The zero-order chi connectivity index (χ0) is 22.6. The molecular weight excluding hydrogens is 372 g/mol. The highest BCUT2D eigenvalue weighted by Gasteiger charge is 2.26. The van der Waals surface area contributed by atoms with E-state index in [1.807, 2.05) is 25.2 Å². The normalized spacial score (nSPS) is 19.4. The maximum Gasteiger partial charge on any atom is 0.328 e. The van der Waals surface area contributed by atoms with Crippen molar-refractivity contribution in [2.24, 2.45) is 16.1 Å². The van der Waals surface area contributed by atoms with Gasteiger partial charge in [0.2, 0.25) is 0 Å². The van der Waals surface area contributed by atoms with Gasteiger partial charge in [0.25, 0.3) is 0 Å². The summed E-state index contributed by atoms with van der Waals surface area (Å²) in [4.78, 5) is 15.4. The predicted octanol–water partition coefficient (Wildman–Crippen LogP) is 6.17. The van der Waals surface area contributed by atoms with E-state index in [2.05, 4.69) is 50.9 Å². The van der Waals surface area contributed by atoms with Crippen LogP contribution in [-0.4, -0.2) is 29.9 Å². The molecule has 0 aliphatic heterocycles. The Kier molecular flexibility index (Phi) is 11.3. The molecule has 3 N–H and O–H groups in total. The van der Waals surface area contributed by atoms with Gasteiger partial charge in [-0.1, -0.05) is 55.4 Å². The number of aliphatic imine (C=N–C) groups is 1. The van der Waals surface area contributed by atoms with Crippen LogP contribution in [0.5, 0.6) is 0 Å². The van der Waals surface area contributed by atoms with Crippen LogP contribution in [0, 0.1) is 5.41 Å². The predicted molar refractivity (Wildman–Crippen MR) is 129 cm³/mol. The van der Waals surface area contributed by atoms with E-state index in [9.17, 15) is 9.90 Å². The summed E-state index contributed by atoms with van der Waals surface area (Å²) in [5.74, 6) is -0.887. The Hall–Kier alpha value is -2.20. The Morgan fingerprint density at radius 2 is 1.90 bits per heavy atom. The third kappa shape index (κ3) is 9.53. The fourth-order valence-electron chi connectivity index (χ4n) is 3.70. The average Bonchev–Trinajstić information content (AvgIpc) is 2.65. The third-order valence-electron chi connectivity index (χ3n) is 5.59. The molecule has 0 heterocycles. The molecule has 4 nitrogen and oxygen atoms in total. The van der Waals surface area contributed by atoms with E-state index in [0.29, 0.717) is 13.0 Å². The van der Waals surface area contributed by atoms with E-state index in [0.717, 1.165) is 18.4 Å². The largest absolute Gasteiger partial charge is 0.480 e. The lowest BCUT2D eigenvalue weighted by atomic mass is 9.72. The summed E-state index contributed by atoms with van der Waals surface area (Å²) in [6.07, 6.45) is 19.9. The van der Waals surface area contributed by atoms with E-state index in [1.165, 1.54) is 36.0 Å². The molecule has 0 aromatic heterocycles. The lowest BCUT2D eigenvalue weighted by Crippen LogP contribution is -2.19. The Balaban J connectivity index is 2.67. The summed E-state index contributed by atoms with van der Waals surface area (Å²) in [5, 5.41) is 9.24. The van der Waals surface area contributed by atoms with E-state index < -0.39 is 12.0 Å². The van der Waals surface area contributed by atoms with E-state index >= 15 is 0 Å². The summed E-state index contributed by atoms with van der Waals surface area (Å²) >= 11 is 0. The number of carboxylic acid groups (broad SMARTS) is 1. The van der Waals surface area contributed by atoms with Crippen LogP contribution in [0.25, 0.3) is 0 Å². The molecule has 1 aliphatic carbocycles. The minimum Gasteiger partial charge on any atom is -0.480 e. The lowest BCUT2D eigenvalue weighted by Gasteiger charge is -2.32. The number of carbonyl (C=O) groups is 1. The molecular formula is C26H40N2O2. The Morgan fingerprint density at radius 1 is 1.20 bits per heavy atom. The Morgan fingerprint density at radius 3 is 2.53 bits per heavy atom. The monoisotopic (exact) mass is 412 g/mol. The molecule has 0 spiro atoms. The van der Waals surface area contributed by atoms with Crippen molar-refractivity contribution in [3.8, 4) is 0 Å². The topological polar surface area (TPSA) is 75.7 Å². The second kappa shape index (κ2) is 13.2. The number of carboxylic acids is 1. The van der Waals surface area contributed by atoms with Gasteiger partial charge in [-0.25, -0.2) is 4.79 Å². The molecule has 1 aliphatic rings. The van der Waals surface area contributed by atoms with Crippen molar-refractivity contribution in [2.75, 3.05) is 6.54 Å². The van der Waals surface area contributed by atoms with Gasteiger partial charge in [0.1, 0.15) is 6.04 Å². The highest BCUT2D eigenvalue weighted by molar-refractivity contribution is 5.79. The van der Waals surface area contributed by atoms with E-state index in [1.54, 1.807) is 6.21 Å². The number of hydrogen-bond donors (Lipinski definition) is 2. The highest BCUT2D eigenvalue weighted by atomic mass is 16.4. The number of nitrogens with zero attached hydrogens (tertiary/aromatic N) is 1. The molecule has 0 bridgehead atoms. The zero-order valence-electron chi connectivity index (χ0n) is 19.4. The van der Waals surface area contributed by atoms with Gasteiger partial charge in [-0.15, -0.1) is 0 Å². The zero-order valence-corrected chi connectivity index (χ0v) is 19.4. The molecule has 0 aromatic rings. The van der Waals surface area contributed by atoms with Gasteiger partial charge in [-0.3, -0.25) is 4.99 Å². The number of rotatable bonds is 11. The van der Waals surface area contributed by atoms with E-state index in [4.69, 9.17) is 5.73 Å². The second-order valence-electron chi connectivity index (χ2n) is 8.88. The number of hydrogen-bond acceptors (Lipinski definition) is 3. The minimum absolute atomic E-state index is 0.256. The van der Waals surface area contributed by atoms with Crippen LogP contribution in [-0.2, 0) is 4.79 Å². The molecule has 0 fully saturated rings. The van der Waals surface area contributed by atoms with Crippen molar-refractivity contribution >= 4 is 12.2 Å². The van der Waals surface area contributed by atoms with Gasteiger partial charge in [0, 0.05) is 6.21 Å². The number of allylic oxidation sites excluding steroid dienone is 10. The van der Waals surface area contributed by atoms with Gasteiger partial charge in [0.15, 0.2) is 0 Å². The second-order valence-corrected chi connectivity index (χ2v) is 8.88. The molecule has 1 atom stereocenters. The van der Waals surface area contributed by atoms with Crippen LogP contribution in [0.1, 0.15) is 73.1 Å². The number of aliphatic carboxylic acids is 1. The fraction of sp³-hybridized carbons (Fsp3) is 0.538. The molecule has 0 aromatic carbocycles. The van der Waals surface area contributed by atoms with Crippen LogP contribution in [0.15, 0.2) is 63.7 Å². The van der Waals surface area contributed by atoms with Crippen molar-refractivity contribution in [3.63, 3.8) is 0 Å². The van der Waals surface area contributed by atoms with Crippen LogP contribution >= 0.6 is 0 Å². The van der Waals surface area contributed by atoms with Crippen molar-refractivity contribution in [2.45, 2.75) is 79.2 Å². The first-order valence-electron chi connectivity index (χ1n) is 11.0. The van der Waals surface area contributed by atoms with Crippen LogP contribution < -0.4 is 5.73 Å². The van der Waals surface area contributed by atoms with Gasteiger partial charge >= 0.3 is 5.97 Å². The maximum absolute atomic E-state index is 11.3. The molecule has 0 saturated heterocycles. The highest BCUT2D eigenvalue weighted by Crippen LogP contribution is 2.40. The van der Waals surface area contributed by atoms with Gasteiger partial charge in [-0.2, -0.15) is 0 Å². The first-order chi connectivity index (χ1) is 14.2. The van der Waals surface area contributed by atoms with Crippen molar-refractivity contribution in [3.05, 3.63) is 58.7 Å². The minimum atomic E-state index is -0.887. The van der Waals surface area contributed by atoms with E-state index in [-0.39, 0.29) is 5.41 Å². The summed E-state index contributed by atoms with van der Waals surface area (Å²) < 4.78 is 0. The average molecular weight is 413 g/mol. The number of unbranched alkanes of at least 4 members (excludes halogenated alkanes) is 1. The first-order valence-corrected chi connectivity index (χ1v) is 11.0. The Bertz CT molecular complexity index is 749. The summed E-state index contributed by atoms with van der Waals surface area (Å²) in [7, 11) is 0. The SMILES string of the molecule is CC(C=CC1=C(C)CCCC1(C)C)=CC=CC(C)=CC=N[C@@H](CCCCN)C(=O)O.